The Kier molecular flexibility index (Phi) is 3.36. The van der Waals surface area contributed by atoms with Crippen LogP contribution in [0.5, 0.6) is 0 Å². The molecule has 2 N–H and O–H groups in total. The molecular weight excluding hydrogens is 212 g/mol. The molecule has 17 heavy (non-hydrogen) atoms. The fraction of sp³-hybridized carbons (Fsp3) is 0.500. The number of nitrogens with two attached hydrogens (primary N) is 1. The van der Waals surface area contributed by atoms with Gasteiger partial charge in [-0.1, -0.05) is 12.1 Å². The van der Waals surface area contributed by atoms with Gasteiger partial charge in [0.2, 0.25) is 0 Å². The lowest BCUT2D eigenvalue weighted by atomic mass is 10.1. The zero-order valence-corrected chi connectivity index (χ0v) is 10.6. The van der Waals surface area contributed by atoms with Crippen LogP contribution >= 0.6 is 0 Å². The van der Waals surface area contributed by atoms with Crippen molar-refractivity contribution in [1.29, 1.82) is 0 Å². The van der Waals surface area contributed by atoms with Crippen LogP contribution in [0.25, 0.3) is 0 Å². The first kappa shape index (κ1) is 12.0. The molecule has 0 aromatic heterocycles. The first-order valence-corrected chi connectivity index (χ1v) is 6.27. The van der Waals surface area contributed by atoms with Crippen LogP contribution in [0.1, 0.15) is 35.7 Å². The van der Waals surface area contributed by atoms with Crippen molar-refractivity contribution in [2.75, 3.05) is 18.8 Å². The minimum Gasteiger partial charge on any atom is -0.398 e. The number of carbonyl (C=O) groups excluding carboxylic acids is 1. The zero-order chi connectivity index (χ0) is 12.4. The topological polar surface area (TPSA) is 46.3 Å². The summed E-state index contributed by atoms with van der Waals surface area (Å²) in [7, 11) is 0. The Morgan fingerprint density at radius 2 is 2.18 bits per heavy atom. The fourth-order valence-corrected chi connectivity index (χ4v) is 2.11. The molecule has 1 aliphatic rings. The second-order valence-corrected chi connectivity index (χ2v) is 4.83. The van der Waals surface area contributed by atoms with E-state index >= 15 is 0 Å². The highest BCUT2D eigenvalue weighted by Crippen LogP contribution is 2.30. The molecule has 3 heteroatoms. The van der Waals surface area contributed by atoms with Crippen molar-refractivity contribution in [2.45, 2.75) is 26.7 Å². The van der Waals surface area contributed by atoms with E-state index < -0.39 is 0 Å². The van der Waals surface area contributed by atoms with E-state index in [1.54, 1.807) is 6.07 Å². The molecule has 1 aliphatic carbocycles. The highest BCUT2D eigenvalue weighted by atomic mass is 16.2. The first-order chi connectivity index (χ1) is 8.13. The number of amides is 1. The molecule has 1 saturated carbocycles. The van der Waals surface area contributed by atoms with Gasteiger partial charge >= 0.3 is 0 Å². The molecule has 3 nitrogen and oxygen atoms in total. The SMILES string of the molecule is CCN(CC1CC1)C(=O)c1c(C)cccc1N. The Hall–Kier alpha value is -1.51. The summed E-state index contributed by atoms with van der Waals surface area (Å²) in [5.41, 5.74) is 8.14. The van der Waals surface area contributed by atoms with Crippen LogP contribution in [-0.4, -0.2) is 23.9 Å². The number of rotatable bonds is 4. The zero-order valence-electron chi connectivity index (χ0n) is 10.6. The number of nitrogens with zero attached hydrogens (tertiary/aromatic N) is 1. The van der Waals surface area contributed by atoms with Gasteiger partial charge in [-0.25, -0.2) is 0 Å². The maximum atomic E-state index is 12.4. The van der Waals surface area contributed by atoms with E-state index in [1.807, 2.05) is 30.9 Å². The molecule has 1 amide bonds. The molecule has 0 saturated heterocycles. The molecule has 0 bridgehead atoms. The second kappa shape index (κ2) is 4.78. The van der Waals surface area contributed by atoms with Crippen LogP contribution in [0, 0.1) is 12.8 Å². The molecular formula is C14H20N2O. The van der Waals surface area contributed by atoms with Gasteiger partial charge in [-0.15, -0.1) is 0 Å². The Labute approximate surface area is 103 Å². The predicted molar refractivity (Wildman–Crippen MR) is 69.9 cm³/mol. The van der Waals surface area contributed by atoms with Crippen molar-refractivity contribution < 1.29 is 4.79 Å². The maximum Gasteiger partial charge on any atom is 0.256 e. The molecule has 0 atom stereocenters. The summed E-state index contributed by atoms with van der Waals surface area (Å²) in [4.78, 5) is 14.3. The average Bonchev–Trinajstić information content (AvgIpc) is 3.09. The average molecular weight is 232 g/mol. The standard InChI is InChI=1S/C14H20N2O/c1-3-16(9-11-7-8-11)14(17)13-10(2)5-4-6-12(13)15/h4-6,11H,3,7-9,15H2,1-2H3. The molecule has 0 unspecified atom stereocenters. The summed E-state index contributed by atoms with van der Waals surface area (Å²) in [6.07, 6.45) is 2.51. The van der Waals surface area contributed by atoms with Gasteiger partial charge in [-0.2, -0.15) is 0 Å². The fourth-order valence-electron chi connectivity index (χ4n) is 2.11. The maximum absolute atomic E-state index is 12.4. The van der Waals surface area contributed by atoms with E-state index in [1.165, 1.54) is 12.8 Å². The smallest absolute Gasteiger partial charge is 0.256 e. The summed E-state index contributed by atoms with van der Waals surface area (Å²) in [6, 6.07) is 5.62. The molecule has 0 heterocycles. The van der Waals surface area contributed by atoms with E-state index in [2.05, 4.69) is 0 Å². The first-order valence-electron chi connectivity index (χ1n) is 6.27. The Bertz CT molecular complexity index is 404. The normalized spacial score (nSPS) is 14.7. The quantitative estimate of drug-likeness (QED) is 0.810. The van der Waals surface area contributed by atoms with Crippen molar-refractivity contribution in [2.24, 2.45) is 5.92 Å². The Morgan fingerprint density at radius 3 is 2.71 bits per heavy atom. The number of hydrogen-bond acceptors (Lipinski definition) is 2. The molecule has 92 valence electrons. The summed E-state index contributed by atoms with van der Waals surface area (Å²) in [5.74, 6) is 0.791. The highest BCUT2D eigenvalue weighted by Gasteiger charge is 2.27. The van der Waals surface area contributed by atoms with Gasteiger partial charge in [-0.3, -0.25) is 4.79 Å². The van der Waals surface area contributed by atoms with Crippen LogP contribution in [0.3, 0.4) is 0 Å². The number of nitrogen functional groups attached to an aromatic ring is 1. The number of benzene rings is 1. The van der Waals surface area contributed by atoms with E-state index in [9.17, 15) is 4.79 Å². The van der Waals surface area contributed by atoms with Gasteiger partial charge in [0.1, 0.15) is 0 Å². The lowest BCUT2D eigenvalue weighted by molar-refractivity contribution is 0.0757. The molecule has 0 aliphatic heterocycles. The third-order valence-corrected chi connectivity index (χ3v) is 3.36. The number of hydrogen-bond donors (Lipinski definition) is 1. The van der Waals surface area contributed by atoms with Crippen LogP contribution in [0.2, 0.25) is 0 Å². The summed E-state index contributed by atoms with van der Waals surface area (Å²) >= 11 is 0. The van der Waals surface area contributed by atoms with Gasteiger partial charge in [-0.05, 0) is 44.2 Å². The van der Waals surface area contributed by atoms with E-state index in [0.717, 1.165) is 18.7 Å². The molecule has 0 spiro atoms. The largest absolute Gasteiger partial charge is 0.398 e. The van der Waals surface area contributed by atoms with E-state index in [4.69, 9.17) is 5.73 Å². The van der Waals surface area contributed by atoms with Gasteiger partial charge in [0, 0.05) is 18.8 Å². The lowest BCUT2D eigenvalue weighted by Crippen LogP contribution is -2.33. The summed E-state index contributed by atoms with van der Waals surface area (Å²) < 4.78 is 0. The molecule has 2 rings (SSSR count). The minimum absolute atomic E-state index is 0.0787. The van der Waals surface area contributed by atoms with Crippen molar-refractivity contribution >= 4 is 11.6 Å². The number of aryl methyl sites for hydroxylation is 1. The van der Waals surface area contributed by atoms with E-state index in [0.29, 0.717) is 17.2 Å². The van der Waals surface area contributed by atoms with Crippen molar-refractivity contribution in [3.05, 3.63) is 29.3 Å². The molecule has 1 aromatic carbocycles. The van der Waals surface area contributed by atoms with Gasteiger partial charge in [0.25, 0.3) is 5.91 Å². The molecule has 1 fully saturated rings. The lowest BCUT2D eigenvalue weighted by Gasteiger charge is -2.22. The summed E-state index contributed by atoms with van der Waals surface area (Å²) in [5, 5.41) is 0. The Morgan fingerprint density at radius 1 is 1.47 bits per heavy atom. The van der Waals surface area contributed by atoms with Gasteiger partial charge in [0.15, 0.2) is 0 Å². The predicted octanol–water partition coefficient (Wildman–Crippen LogP) is 2.45. The highest BCUT2D eigenvalue weighted by molar-refractivity contribution is 6.00. The summed E-state index contributed by atoms with van der Waals surface area (Å²) in [6.45, 7) is 5.59. The molecule has 0 radical (unpaired) electrons. The molecule has 1 aromatic rings. The van der Waals surface area contributed by atoms with E-state index in [-0.39, 0.29) is 5.91 Å². The van der Waals surface area contributed by atoms with Crippen LogP contribution < -0.4 is 5.73 Å². The van der Waals surface area contributed by atoms with Crippen LogP contribution in [0.4, 0.5) is 5.69 Å². The second-order valence-electron chi connectivity index (χ2n) is 4.83. The number of carbonyl (C=O) groups is 1. The van der Waals surface area contributed by atoms with Crippen molar-refractivity contribution in [3.8, 4) is 0 Å². The van der Waals surface area contributed by atoms with Crippen LogP contribution in [-0.2, 0) is 0 Å². The van der Waals surface area contributed by atoms with Crippen molar-refractivity contribution in [3.63, 3.8) is 0 Å². The monoisotopic (exact) mass is 232 g/mol. The third-order valence-electron chi connectivity index (χ3n) is 3.36. The minimum atomic E-state index is 0.0787. The number of anilines is 1. The van der Waals surface area contributed by atoms with Crippen molar-refractivity contribution in [1.82, 2.24) is 4.90 Å². The Balaban J connectivity index is 2.21. The van der Waals surface area contributed by atoms with Crippen LogP contribution in [0.15, 0.2) is 18.2 Å². The third kappa shape index (κ3) is 2.60. The van der Waals surface area contributed by atoms with Gasteiger partial charge in [0.05, 0.1) is 5.56 Å². The van der Waals surface area contributed by atoms with Gasteiger partial charge < -0.3 is 10.6 Å².